The van der Waals surface area contributed by atoms with E-state index < -0.39 is 64.4 Å². The predicted octanol–water partition coefficient (Wildman–Crippen LogP) is 4.70. The molecule has 6 atom stereocenters. The van der Waals surface area contributed by atoms with Crippen molar-refractivity contribution in [3.63, 3.8) is 0 Å². The largest absolute Gasteiger partial charge is 0.346 e. The van der Waals surface area contributed by atoms with Crippen molar-refractivity contribution in [3.8, 4) is 0 Å². The maximum Gasteiger partial charge on any atom is 0.289 e. The van der Waals surface area contributed by atoms with Crippen molar-refractivity contribution in [2.75, 3.05) is 13.1 Å². The second-order valence-electron chi connectivity index (χ2n) is 17.1. The van der Waals surface area contributed by atoms with Gasteiger partial charge in [0.1, 0.15) is 23.8 Å². The predicted molar refractivity (Wildman–Crippen MR) is 210 cm³/mol. The van der Waals surface area contributed by atoms with Crippen LogP contribution in [0.3, 0.4) is 0 Å². The fourth-order valence-corrected chi connectivity index (χ4v) is 9.42. The quantitative estimate of drug-likeness (QED) is 0.0729. The molecule has 0 aromatic heterocycles. The number of hydrogen-bond acceptors (Lipinski definition) is 7. The molecule has 0 aromatic rings. The molecule has 1 aliphatic heterocycles. The number of fused-ring (bicyclic) bond motifs is 1. The molecular weight excluding hydrogens is 684 g/mol. The molecule has 1 saturated heterocycles. The first-order valence-corrected chi connectivity index (χ1v) is 20.1. The molecule has 4 fully saturated rings. The van der Waals surface area contributed by atoms with Crippen molar-refractivity contribution in [1.29, 1.82) is 0 Å². The first-order chi connectivity index (χ1) is 25.6. The lowest BCUT2D eigenvalue weighted by molar-refractivity contribution is -0.148. The minimum atomic E-state index is -1.05. The number of ketones is 1. The zero-order valence-corrected chi connectivity index (χ0v) is 33.4. The Hall–Kier alpha value is -4.09. The Bertz CT molecular complexity index is 1520. The number of aliphatic imine (C=N–C) groups is 1. The number of carbonyl (C=O) groups is 6. The fourth-order valence-electron chi connectivity index (χ4n) is 9.42. The molecule has 0 radical (unpaired) electrons. The Labute approximate surface area is 321 Å². The second-order valence-corrected chi connectivity index (χ2v) is 17.1. The molecule has 5 amide bonds. The van der Waals surface area contributed by atoms with Gasteiger partial charge in [-0.15, -0.1) is 6.58 Å². The lowest BCUT2D eigenvalue weighted by Gasteiger charge is -2.45. The number of nitrogens with one attached hydrogen (secondary N) is 4. The molecule has 3 aliphatic carbocycles. The fraction of sp³-hybridized carbons (Fsp3) is 0.690. The van der Waals surface area contributed by atoms with Gasteiger partial charge < -0.3 is 26.2 Å². The summed E-state index contributed by atoms with van der Waals surface area (Å²) in [5, 5.41) is 11.6. The van der Waals surface area contributed by atoms with Gasteiger partial charge >= 0.3 is 0 Å². The molecule has 3 saturated carbocycles. The van der Waals surface area contributed by atoms with Crippen molar-refractivity contribution in [2.24, 2.45) is 33.1 Å². The van der Waals surface area contributed by atoms with E-state index >= 15 is 4.79 Å². The van der Waals surface area contributed by atoms with Gasteiger partial charge in [-0.05, 0) is 67.1 Å². The number of likely N-dealkylation sites (tertiary alicyclic amines) is 1. The van der Waals surface area contributed by atoms with Crippen LogP contribution < -0.4 is 21.3 Å². The van der Waals surface area contributed by atoms with Crippen LogP contribution in [0.1, 0.15) is 119 Å². The van der Waals surface area contributed by atoms with Gasteiger partial charge in [-0.2, -0.15) is 0 Å². The highest BCUT2D eigenvalue weighted by Gasteiger charge is 2.70. The molecule has 0 aromatic carbocycles. The standard InChI is InChI=1S/C42H64N6O6/c1-9-19-29(32(49)37(52)44-25-11-3)45-36(51)31-30-27(40(30,5)6)26-48(31)39(54)34(42(8)22-17-14-18-23-42)47-38(53)33(41(7)20-15-13-16-21-41)46-35(50)28(12-4)43-24-10-2/h10-12,24,27,29-31,33-34H,2-3,9,13-23,25-26H2,1,4-8H3,(H,44,52)(H,45,51)(H,46,50)(H,47,53)/b28-12-,43-24?/t27-,29?,30-,31-,33+,34+/m0/s1. The van der Waals surface area contributed by atoms with E-state index in [-0.39, 0.29) is 41.8 Å². The third kappa shape index (κ3) is 9.22. The van der Waals surface area contributed by atoms with Crippen LogP contribution in [0.4, 0.5) is 0 Å². The number of hydrogen-bond donors (Lipinski definition) is 4. The first-order valence-electron chi connectivity index (χ1n) is 20.1. The summed E-state index contributed by atoms with van der Waals surface area (Å²) in [6.45, 7) is 19.5. The van der Waals surface area contributed by atoms with E-state index in [2.05, 4.69) is 53.3 Å². The molecule has 4 aliphatic rings. The number of nitrogens with zero attached hydrogens (tertiary/aromatic N) is 2. The Balaban J connectivity index is 1.67. The van der Waals surface area contributed by atoms with Gasteiger partial charge in [0.2, 0.25) is 23.5 Å². The van der Waals surface area contributed by atoms with Crippen LogP contribution >= 0.6 is 0 Å². The van der Waals surface area contributed by atoms with Gasteiger partial charge in [-0.25, -0.2) is 0 Å². The Morgan fingerprint density at radius 3 is 1.96 bits per heavy atom. The molecule has 54 heavy (non-hydrogen) atoms. The van der Waals surface area contributed by atoms with Gasteiger partial charge in [-0.1, -0.05) is 104 Å². The van der Waals surface area contributed by atoms with Gasteiger partial charge in [-0.3, -0.25) is 33.8 Å². The summed E-state index contributed by atoms with van der Waals surface area (Å²) < 4.78 is 0. The van der Waals surface area contributed by atoms with Crippen molar-refractivity contribution >= 4 is 41.5 Å². The number of allylic oxidation sites excluding steroid dienone is 2. The summed E-state index contributed by atoms with van der Waals surface area (Å²) >= 11 is 0. The summed E-state index contributed by atoms with van der Waals surface area (Å²) in [6.07, 6.45) is 15.4. The molecule has 1 unspecified atom stereocenters. The third-order valence-electron chi connectivity index (χ3n) is 12.9. The second kappa shape index (κ2) is 18.0. The van der Waals surface area contributed by atoms with E-state index in [9.17, 15) is 24.0 Å². The molecule has 0 spiro atoms. The first kappa shape index (κ1) is 42.6. The van der Waals surface area contributed by atoms with Crippen LogP contribution in [-0.2, 0) is 28.8 Å². The average Bonchev–Trinajstić information content (AvgIpc) is 3.44. The number of Topliss-reactive ketones (excluding diaryl/α,β-unsaturated/α-hetero) is 1. The minimum absolute atomic E-state index is 0.0625. The molecule has 12 heteroatoms. The smallest absolute Gasteiger partial charge is 0.289 e. The lowest BCUT2D eigenvalue weighted by Crippen LogP contribution is -2.65. The van der Waals surface area contributed by atoms with Crippen LogP contribution in [0.2, 0.25) is 0 Å². The maximum atomic E-state index is 15.1. The third-order valence-corrected chi connectivity index (χ3v) is 12.9. The van der Waals surface area contributed by atoms with E-state index in [0.29, 0.717) is 25.8 Å². The summed E-state index contributed by atoms with van der Waals surface area (Å²) in [5.74, 6) is -3.33. The average molecular weight is 749 g/mol. The zero-order valence-electron chi connectivity index (χ0n) is 33.4. The summed E-state index contributed by atoms with van der Waals surface area (Å²) in [5.41, 5.74) is -1.20. The summed E-state index contributed by atoms with van der Waals surface area (Å²) in [6, 6.07) is -3.81. The van der Waals surface area contributed by atoms with Crippen molar-refractivity contribution < 1.29 is 28.8 Å². The topological polar surface area (TPSA) is 166 Å². The number of piperidine rings is 1. The normalized spacial score (nSPS) is 25.6. The number of amides is 5. The highest BCUT2D eigenvalue weighted by atomic mass is 16.2. The highest BCUT2D eigenvalue weighted by molar-refractivity contribution is 6.38. The van der Waals surface area contributed by atoms with Gasteiger partial charge in [0.05, 0.1) is 6.04 Å². The Morgan fingerprint density at radius 1 is 0.833 bits per heavy atom. The summed E-state index contributed by atoms with van der Waals surface area (Å²) in [7, 11) is 0. The van der Waals surface area contributed by atoms with E-state index in [4.69, 9.17) is 0 Å². The molecule has 4 N–H and O–H groups in total. The lowest BCUT2D eigenvalue weighted by atomic mass is 9.68. The maximum absolute atomic E-state index is 15.1. The molecule has 298 valence electrons. The SMILES string of the molecule is C=CC=N/C(=C\C)C(=O)N[C@H](C(=O)N[C@H](C(=O)N1C[C@H]2[C@@H]([C@H]1C(=O)NC(CCC)C(=O)C(=O)NCC=C)C2(C)C)C1(C)CCCCC1)C1(C)CCCCC1. The molecule has 4 rings (SSSR count). The van der Waals surface area contributed by atoms with Crippen molar-refractivity contribution in [3.05, 3.63) is 37.1 Å². The van der Waals surface area contributed by atoms with Gasteiger partial charge in [0.25, 0.3) is 11.8 Å². The van der Waals surface area contributed by atoms with Crippen LogP contribution in [0, 0.1) is 28.1 Å². The minimum Gasteiger partial charge on any atom is -0.346 e. The zero-order chi connectivity index (χ0) is 39.8. The van der Waals surface area contributed by atoms with Gasteiger partial charge in [0, 0.05) is 19.3 Å². The van der Waals surface area contributed by atoms with E-state index in [1.54, 1.807) is 17.9 Å². The molecule has 1 heterocycles. The van der Waals surface area contributed by atoms with Crippen LogP contribution in [0.25, 0.3) is 0 Å². The monoisotopic (exact) mass is 748 g/mol. The molecule has 0 bridgehead atoms. The Morgan fingerprint density at radius 2 is 1.43 bits per heavy atom. The van der Waals surface area contributed by atoms with Crippen LogP contribution in [-0.4, -0.2) is 83.7 Å². The van der Waals surface area contributed by atoms with E-state index in [1.165, 1.54) is 18.4 Å². The van der Waals surface area contributed by atoms with E-state index in [0.717, 1.165) is 51.4 Å². The number of rotatable bonds is 17. The highest BCUT2D eigenvalue weighted by Crippen LogP contribution is 2.65. The van der Waals surface area contributed by atoms with Crippen LogP contribution in [0.15, 0.2) is 42.1 Å². The van der Waals surface area contributed by atoms with Crippen molar-refractivity contribution in [2.45, 2.75) is 143 Å². The van der Waals surface area contributed by atoms with Gasteiger partial charge in [0.15, 0.2) is 0 Å². The van der Waals surface area contributed by atoms with Crippen molar-refractivity contribution in [1.82, 2.24) is 26.2 Å². The number of carbonyl (C=O) groups excluding carboxylic acids is 6. The summed E-state index contributed by atoms with van der Waals surface area (Å²) in [4.78, 5) is 89.3. The molecule has 12 nitrogen and oxygen atoms in total. The Kier molecular flexibility index (Phi) is 14.2. The van der Waals surface area contributed by atoms with E-state index in [1.807, 2.05) is 20.8 Å². The molecular formula is C42H64N6O6. The van der Waals surface area contributed by atoms with Crippen LogP contribution in [0.5, 0.6) is 0 Å².